The third kappa shape index (κ3) is 4.68. The molecule has 2 aromatic carbocycles. The summed E-state index contributed by atoms with van der Waals surface area (Å²) in [7, 11) is 0. The molecule has 1 atom stereocenters. The van der Waals surface area contributed by atoms with Crippen LogP contribution in [0.3, 0.4) is 0 Å². The Kier molecular flexibility index (Phi) is 6.57. The number of thiazole rings is 1. The fraction of sp³-hybridized carbons (Fsp3) is 0.346. The molecule has 1 amide bonds. The summed E-state index contributed by atoms with van der Waals surface area (Å²) in [6, 6.07) is 16.1. The van der Waals surface area contributed by atoms with Crippen LogP contribution in [0.5, 0.6) is 0 Å². The van der Waals surface area contributed by atoms with Crippen molar-refractivity contribution in [1.82, 2.24) is 20.1 Å². The van der Waals surface area contributed by atoms with Crippen molar-refractivity contribution in [2.75, 3.05) is 18.0 Å². The predicted octanol–water partition coefficient (Wildman–Crippen LogP) is 5.54. The van der Waals surface area contributed by atoms with Gasteiger partial charge in [-0.1, -0.05) is 54.1 Å². The van der Waals surface area contributed by atoms with Gasteiger partial charge in [-0.3, -0.25) is 4.79 Å². The number of nitrogens with zero attached hydrogens (tertiary/aromatic N) is 4. The van der Waals surface area contributed by atoms with Gasteiger partial charge < -0.3 is 10.2 Å². The van der Waals surface area contributed by atoms with Crippen LogP contribution < -0.4 is 10.2 Å². The number of carbonyl (C=O) groups is 1. The van der Waals surface area contributed by atoms with E-state index < -0.39 is 0 Å². The molecule has 0 radical (unpaired) electrons. The highest BCUT2D eigenvalue weighted by atomic mass is 35.5. The number of benzene rings is 2. The zero-order valence-electron chi connectivity index (χ0n) is 19.4. The van der Waals surface area contributed by atoms with E-state index in [9.17, 15) is 4.79 Å². The standard InChI is InChI=1S/C26H28ClN5OS/c1-3-18-6-8-19(9-7-18)15-28-25(33)20-5-4-14-31(16-20)26-29-24-23(34-26)17(2)30-32(24)22-12-10-21(27)11-13-22/h6-13,20H,3-5,14-16H2,1-2H3,(H,28,33)/t20-/m1/s1. The van der Waals surface area contributed by atoms with E-state index >= 15 is 0 Å². The molecule has 1 aliphatic heterocycles. The van der Waals surface area contributed by atoms with E-state index in [0.717, 1.165) is 58.2 Å². The lowest BCUT2D eigenvalue weighted by Crippen LogP contribution is -2.43. The number of rotatable bonds is 6. The van der Waals surface area contributed by atoms with E-state index in [0.29, 0.717) is 18.1 Å². The van der Waals surface area contributed by atoms with E-state index in [1.165, 1.54) is 5.56 Å². The van der Waals surface area contributed by atoms with Crippen LogP contribution in [0.25, 0.3) is 16.0 Å². The fourth-order valence-electron chi connectivity index (χ4n) is 4.41. The Bertz CT molecular complexity index is 1300. The van der Waals surface area contributed by atoms with Crippen molar-refractivity contribution in [3.63, 3.8) is 0 Å². The number of hydrogen-bond acceptors (Lipinski definition) is 5. The van der Waals surface area contributed by atoms with Crippen LogP contribution in [0, 0.1) is 12.8 Å². The van der Waals surface area contributed by atoms with Crippen LogP contribution in [0.15, 0.2) is 48.5 Å². The molecule has 0 aliphatic carbocycles. The first-order valence-corrected chi connectivity index (χ1v) is 12.9. The molecule has 0 unspecified atom stereocenters. The molecule has 8 heteroatoms. The summed E-state index contributed by atoms with van der Waals surface area (Å²) in [5, 5.41) is 9.46. The van der Waals surface area contributed by atoms with Crippen molar-refractivity contribution in [3.05, 3.63) is 70.4 Å². The maximum atomic E-state index is 12.9. The highest BCUT2D eigenvalue weighted by molar-refractivity contribution is 7.22. The van der Waals surface area contributed by atoms with Gasteiger partial charge in [0.1, 0.15) is 0 Å². The summed E-state index contributed by atoms with van der Waals surface area (Å²) in [4.78, 5) is 20.1. The molecule has 176 valence electrons. The van der Waals surface area contributed by atoms with Gasteiger partial charge in [-0.25, -0.2) is 4.68 Å². The molecule has 6 nitrogen and oxygen atoms in total. The molecule has 5 rings (SSSR count). The van der Waals surface area contributed by atoms with Gasteiger partial charge in [0.2, 0.25) is 5.91 Å². The fourth-order valence-corrected chi connectivity index (χ4v) is 5.56. The minimum absolute atomic E-state index is 0.0375. The maximum Gasteiger partial charge on any atom is 0.225 e. The molecule has 2 aromatic heterocycles. The van der Waals surface area contributed by atoms with Crippen LogP contribution in [-0.4, -0.2) is 33.8 Å². The van der Waals surface area contributed by atoms with Gasteiger partial charge in [0.25, 0.3) is 0 Å². The number of aryl methyl sites for hydroxylation is 2. The molecule has 1 fully saturated rings. The third-order valence-corrected chi connectivity index (χ3v) is 7.88. The van der Waals surface area contributed by atoms with Crippen molar-refractivity contribution < 1.29 is 4.79 Å². The molecular formula is C26H28ClN5OS. The third-order valence-electron chi connectivity index (χ3n) is 6.41. The van der Waals surface area contributed by atoms with Crippen molar-refractivity contribution in [3.8, 4) is 5.69 Å². The Labute approximate surface area is 208 Å². The first-order chi connectivity index (χ1) is 16.5. The van der Waals surface area contributed by atoms with Gasteiger partial charge in [-0.15, -0.1) is 0 Å². The lowest BCUT2D eigenvalue weighted by atomic mass is 9.97. The van der Waals surface area contributed by atoms with Crippen LogP contribution in [-0.2, 0) is 17.8 Å². The zero-order chi connectivity index (χ0) is 23.7. The van der Waals surface area contributed by atoms with Crippen molar-refractivity contribution in [2.45, 2.75) is 39.7 Å². The molecule has 3 heterocycles. The van der Waals surface area contributed by atoms with Crippen LogP contribution >= 0.6 is 22.9 Å². The summed E-state index contributed by atoms with van der Waals surface area (Å²) in [6.07, 6.45) is 2.90. The summed E-state index contributed by atoms with van der Waals surface area (Å²) in [5.74, 6) is 0.0819. The molecule has 34 heavy (non-hydrogen) atoms. The molecule has 0 saturated carbocycles. The Morgan fingerprint density at radius 2 is 1.88 bits per heavy atom. The van der Waals surface area contributed by atoms with Crippen LogP contribution in [0.2, 0.25) is 5.02 Å². The van der Waals surface area contributed by atoms with Gasteiger partial charge in [-0.2, -0.15) is 10.1 Å². The number of halogens is 1. The van der Waals surface area contributed by atoms with Crippen LogP contribution in [0.4, 0.5) is 5.13 Å². The summed E-state index contributed by atoms with van der Waals surface area (Å²) < 4.78 is 2.95. The summed E-state index contributed by atoms with van der Waals surface area (Å²) >= 11 is 7.70. The molecule has 1 aliphatic rings. The van der Waals surface area contributed by atoms with E-state index in [2.05, 4.69) is 46.5 Å². The van der Waals surface area contributed by atoms with Crippen LogP contribution in [0.1, 0.15) is 36.6 Å². The Balaban J connectivity index is 1.29. The topological polar surface area (TPSA) is 63.1 Å². The largest absolute Gasteiger partial charge is 0.352 e. The first-order valence-electron chi connectivity index (χ1n) is 11.7. The van der Waals surface area contributed by atoms with Crippen molar-refractivity contribution in [1.29, 1.82) is 0 Å². The second kappa shape index (κ2) is 9.76. The lowest BCUT2D eigenvalue weighted by molar-refractivity contribution is -0.125. The predicted molar refractivity (Wildman–Crippen MR) is 139 cm³/mol. The summed E-state index contributed by atoms with van der Waals surface area (Å²) in [6.45, 7) is 6.31. The van der Waals surface area contributed by atoms with E-state index in [-0.39, 0.29) is 11.8 Å². The van der Waals surface area contributed by atoms with Gasteiger partial charge in [0.15, 0.2) is 10.8 Å². The molecule has 1 saturated heterocycles. The number of piperidine rings is 1. The number of fused-ring (bicyclic) bond motifs is 1. The van der Waals surface area contributed by atoms with Gasteiger partial charge in [-0.05, 0) is 61.6 Å². The second-order valence-electron chi connectivity index (χ2n) is 8.80. The molecule has 4 aromatic rings. The molecular weight excluding hydrogens is 466 g/mol. The minimum atomic E-state index is -0.0375. The monoisotopic (exact) mass is 493 g/mol. The zero-order valence-corrected chi connectivity index (χ0v) is 21.0. The summed E-state index contributed by atoms with van der Waals surface area (Å²) in [5.41, 5.74) is 5.17. The molecule has 1 N–H and O–H groups in total. The molecule has 0 bridgehead atoms. The van der Waals surface area contributed by atoms with E-state index in [1.54, 1.807) is 11.3 Å². The number of anilines is 1. The minimum Gasteiger partial charge on any atom is -0.352 e. The maximum absolute atomic E-state index is 12.9. The van der Waals surface area contributed by atoms with Gasteiger partial charge in [0.05, 0.1) is 22.0 Å². The lowest BCUT2D eigenvalue weighted by Gasteiger charge is -2.31. The highest BCUT2D eigenvalue weighted by Gasteiger charge is 2.28. The Hall–Kier alpha value is -2.90. The number of aromatic nitrogens is 3. The van der Waals surface area contributed by atoms with E-state index in [1.807, 2.05) is 35.9 Å². The number of amides is 1. The second-order valence-corrected chi connectivity index (χ2v) is 10.2. The van der Waals surface area contributed by atoms with Gasteiger partial charge in [0, 0.05) is 24.7 Å². The average Bonchev–Trinajstić information content (AvgIpc) is 3.44. The Morgan fingerprint density at radius 1 is 1.15 bits per heavy atom. The highest BCUT2D eigenvalue weighted by Crippen LogP contribution is 2.34. The smallest absolute Gasteiger partial charge is 0.225 e. The SMILES string of the molecule is CCc1ccc(CNC(=O)[C@@H]2CCCN(c3nc4c(s3)c(C)nn4-c3ccc(Cl)cc3)C2)cc1. The van der Waals surface area contributed by atoms with E-state index in [4.69, 9.17) is 16.6 Å². The number of carbonyl (C=O) groups excluding carboxylic acids is 1. The van der Waals surface area contributed by atoms with Gasteiger partial charge >= 0.3 is 0 Å². The van der Waals surface area contributed by atoms with Crippen molar-refractivity contribution in [2.24, 2.45) is 5.92 Å². The number of hydrogen-bond donors (Lipinski definition) is 1. The average molecular weight is 494 g/mol. The molecule has 0 spiro atoms. The first kappa shape index (κ1) is 22.9. The quantitative estimate of drug-likeness (QED) is 0.383. The Morgan fingerprint density at radius 3 is 2.62 bits per heavy atom. The normalized spacial score (nSPS) is 16.2. The number of nitrogens with one attached hydrogen (secondary N) is 1. The van der Waals surface area contributed by atoms with Crippen molar-refractivity contribution >= 4 is 44.3 Å².